The summed E-state index contributed by atoms with van der Waals surface area (Å²) in [4.78, 5) is 12.4. The summed E-state index contributed by atoms with van der Waals surface area (Å²) in [5, 5.41) is 17.5. The van der Waals surface area contributed by atoms with Crippen LogP contribution in [0, 0.1) is 11.8 Å². The molecule has 2 N–H and O–H groups in total. The molecule has 0 saturated carbocycles. The van der Waals surface area contributed by atoms with Crippen LogP contribution in [0.1, 0.15) is 51.4 Å². The van der Waals surface area contributed by atoms with Gasteiger partial charge in [0.1, 0.15) is 5.78 Å². The zero-order valence-corrected chi connectivity index (χ0v) is 12.6. The lowest BCUT2D eigenvalue weighted by molar-refractivity contribution is -0.124. The summed E-state index contributed by atoms with van der Waals surface area (Å²) >= 11 is 0. The highest BCUT2D eigenvalue weighted by Crippen LogP contribution is 2.21. The van der Waals surface area contributed by atoms with Gasteiger partial charge in [0.05, 0.1) is 0 Å². The summed E-state index contributed by atoms with van der Waals surface area (Å²) in [5.74, 6) is 0.00654. The molecule has 0 heterocycles. The van der Waals surface area contributed by atoms with Crippen LogP contribution in [0.4, 0.5) is 0 Å². The number of aliphatic hydroxyl groups is 2. The fourth-order valence-corrected chi connectivity index (χ4v) is 2.33. The van der Waals surface area contributed by atoms with Gasteiger partial charge in [-0.15, -0.1) is 13.2 Å². The van der Waals surface area contributed by atoms with Crippen molar-refractivity contribution in [2.45, 2.75) is 51.4 Å². The second-order valence-electron chi connectivity index (χ2n) is 5.23. The minimum atomic E-state index is -0.102. The number of carbonyl (C=O) groups excluding carboxylic acids is 1. The van der Waals surface area contributed by atoms with Crippen molar-refractivity contribution in [1.82, 2.24) is 0 Å². The Balaban J connectivity index is 4.17. The number of aliphatic hydroxyl groups excluding tert-OH is 2. The van der Waals surface area contributed by atoms with Crippen LogP contribution >= 0.6 is 0 Å². The molecule has 0 radical (unpaired) electrons. The normalized spacial score (nSPS) is 13.7. The van der Waals surface area contributed by atoms with Crippen molar-refractivity contribution < 1.29 is 15.0 Å². The Labute approximate surface area is 123 Å². The molecule has 0 aromatic heterocycles. The van der Waals surface area contributed by atoms with Crippen LogP contribution in [0.25, 0.3) is 0 Å². The lowest BCUT2D eigenvalue weighted by atomic mass is 9.86. The summed E-state index contributed by atoms with van der Waals surface area (Å²) < 4.78 is 0. The number of Topliss-reactive ketones (excluding diaryl/α,β-unsaturated/α-hetero) is 1. The lowest BCUT2D eigenvalue weighted by Gasteiger charge is -2.17. The van der Waals surface area contributed by atoms with E-state index in [9.17, 15) is 4.79 Å². The van der Waals surface area contributed by atoms with Crippen molar-refractivity contribution in [3.05, 3.63) is 25.3 Å². The molecule has 0 aliphatic rings. The molecule has 2 atom stereocenters. The van der Waals surface area contributed by atoms with E-state index >= 15 is 0 Å². The van der Waals surface area contributed by atoms with Crippen molar-refractivity contribution in [1.29, 1.82) is 0 Å². The summed E-state index contributed by atoms with van der Waals surface area (Å²) in [6, 6.07) is 0. The van der Waals surface area contributed by atoms with E-state index < -0.39 is 0 Å². The molecule has 0 aliphatic heterocycles. The number of hydrogen-bond donors (Lipinski definition) is 2. The Morgan fingerprint density at radius 2 is 1.20 bits per heavy atom. The van der Waals surface area contributed by atoms with Gasteiger partial charge in [0.15, 0.2) is 0 Å². The maximum Gasteiger partial charge on any atom is 0.146 e. The lowest BCUT2D eigenvalue weighted by Crippen LogP contribution is -2.21. The maximum atomic E-state index is 12.4. The van der Waals surface area contributed by atoms with Gasteiger partial charge in [-0.1, -0.05) is 37.8 Å². The van der Waals surface area contributed by atoms with Gasteiger partial charge in [0.25, 0.3) is 0 Å². The van der Waals surface area contributed by atoms with E-state index in [-0.39, 0.29) is 30.8 Å². The van der Waals surface area contributed by atoms with Gasteiger partial charge in [0.2, 0.25) is 0 Å². The number of rotatable bonds is 14. The molecular weight excluding hydrogens is 252 g/mol. The first-order valence-electron chi connectivity index (χ1n) is 7.71. The average Bonchev–Trinajstić information content (AvgIpc) is 2.47. The Hall–Kier alpha value is -0.930. The highest BCUT2D eigenvalue weighted by Gasteiger charge is 2.21. The molecule has 3 nitrogen and oxygen atoms in total. The van der Waals surface area contributed by atoms with Crippen LogP contribution in [0.3, 0.4) is 0 Å². The van der Waals surface area contributed by atoms with E-state index in [1.165, 1.54) is 0 Å². The van der Waals surface area contributed by atoms with Crippen molar-refractivity contribution in [3.63, 3.8) is 0 Å². The number of ketones is 1. The largest absolute Gasteiger partial charge is 0.396 e. The van der Waals surface area contributed by atoms with Crippen LogP contribution in [0.2, 0.25) is 0 Å². The van der Waals surface area contributed by atoms with E-state index in [1.807, 2.05) is 0 Å². The van der Waals surface area contributed by atoms with E-state index in [0.29, 0.717) is 0 Å². The van der Waals surface area contributed by atoms with E-state index in [0.717, 1.165) is 51.4 Å². The predicted molar refractivity (Wildman–Crippen MR) is 83.5 cm³/mol. The molecule has 20 heavy (non-hydrogen) atoms. The predicted octanol–water partition coefficient (Wildman–Crippen LogP) is 3.27. The van der Waals surface area contributed by atoms with E-state index in [2.05, 4.69) is 13.2 Å². The number of carbonyl (C=O) groups is 1. The summed E-state index contributed by atoms with van der Waals surface area (Å²) in [7, 11) is 0. The highest BCUT2D eigenvalue weighted by atomic mass is 16.3. The summed E-state index contributed by atoms with van der Waals surface area (Å²) in [5.41, 5.74) is 0. The minimum absolute atomic E-state index is 0.102. The molecule has 2 unspecified atom stereocenters. The highest BCUT2D eigenvalue weighted by molar-refractivity contribution is 5.86. The summed E-state index contributed by atoms with van der Waals surface area (Å²) in [6.07, 6.45) is 10.5. The van der Waals surface area contributed by atoms with Crippen LogP contribution in [0.15, 0.2) is 25.3 Å². The van der Waals surface area contributed by atoms with E-state index in [4.69, 9.17) is 10.2 Å². The van der Waals surface area contributed by atoms with Gasteiger partial charge < -0.3 is 10.2 Å². The fraction of sp³-hybridized carbons (Fsp3) is 0.706. The van der Waals surface area contributed by atoms with Gasteiger partial charge in [-0.05, 0) is 25.7 Å². The third-order valence-corrected chi connectivity index (χ3v) is 3.65. The molecule has 0 rings (SSSR count). The quantitative estimate of drug-likeness (QED) is 0.380. The molecule has 0 saturated heterocycles. The SMILES string of the molecule is C=CC(CCCCCO)C(=O)C(C=C)CCCCCO. The smallest absolute Gasteiger partial charge is 0.146 e. The van der Waals surface area contributed by atoms with Gasteiger partial charge in [-0.3, -0.25) is 4.79 Å². The Bertz CT molecular complexity index is 247. The Morgan fingerprint density at radius 3 is 1.50 bits per heavy atom. The second-order valence-corrected chi connectivity index (χ2v) is 5.23. The van der Waals surface area contributed by atoms with Gasteiger partial charge in [-0.25, -0.2) is 0 Å². The fourth-order valence-electron chi connectivity index (χ4n) is 2.33. The second kappa shape index (κ2) is 13.1. The van der Waals surface area contributed by atoms with Crippen LogP contribution in [-0.4, -0.2) is 29.2 Å². The van der Waals surface area contributed by atoms with Gasteiger partial charge >= 0.3 is 0 Å². The van der Waals surface area contributed by atoms with Crippen molar-refractivity contribution in [2.24, 2.45) is 11.8 Å². The molecule has 3 heteroatoms. The van der Waals surface area contributed by atoms with Crippen LogP contribution in [0.5, 0.6) is 0 Å². The zero-order chi connectivity index (χ0) is 15.2. The molecule has 0 spiro atoms. The van der Waals surface area contributed by atoms with Crippen molar-refractivity contribution in [2.75, 3.05) is 13.2 Å². The molecule has 0 amide bonds. The third-order valence-electron chi connectivity index (χ3n) is 3.65. The average molecular weight is 282 g/mol. The molecule has 0 bridgehead atoms. The number of allylic oxidation sites excluding steroid dienone is 2. The molecular formula is C17H30O3. The van der Waals surface area contributed by atoms with Crippen LogP contribution in [-0.2, 0) is 4.79 Å². The molecule has 0 aromatic rings. The van der Waals surface area contributed by atoms with E-state index in [1.54, 1.807) is 12.2 Å². The number of hydrogen-bond acceptors (Lipinski definition) is 3. The standard InChI is InChI=1S/C17H30O3/c1-3-15(11-7-5-9-13-18)17(20)16(4-2)12-8-6-10-14-19/h3-4,15-16,18-19H,1-2,5-14H2. The Morgan fingerprint density at radius 1 is 0.800 bits per heavy atom. The van der Waals surface area contributed by atoms with Gasteiger partial charge in [-0.2, -0.15) is 0 Å². The van der Waals surface area contributed by atoms with Crippen LogP contribution < -0.4 is 0 Å². The Kier molecular flexibility index (Phi) is 12.5. The zero-order valence-electron chi connectivity index (χ0n) is 12.6. The topological polar surface area (TPSA) is 57.5 Å². The number of unbranched alkanes of at least 4 members (excludes halogenated alkanes) is 4. The van der Waals surface area contributed by atoms with Gasteiger partial charge in [0, 0.05) is 25.0 Å². The minimum Gasteiger partial charge on any atom is -0.396 e. The maximum absolute atomic E-state index is 12.4. The summed E-state index contributed by atoms with van der Waals surface area (Å²) in [6.45, 7) is 7.97. The first-order chi connectivity index (χ1) is 9.71. The molecule has 0 aliphatic carbocycles. The molecule has 0 fully saturated rings. The van der Waals surface area contributed by atoms with Crippen molar-refractivity contribution >= 4 is 5.78 Å². The first kappa shape index (κ1) is 19.1. The molecule has 0 aromatic carbocycles. The first-order valence-corrected chi connectivity index (χ1v) is 7.71. The molecule has 116 valence electrons. The van der Waals surface area contributed by atoms with Crippen molar-refractivity contribution in [3.8, 4) is 0 Å². The third kappa shape index (κ3) is 8.28. The monoisotopic (exact) mass is 282 g/mol.